The number of benzene rings is 1. The van der Waals surface area contributed by atoms with E-state index in [1.54, 1.807) is 29.2 Å². The van der Waals surface area contributed by atoms with Crippen molar-refractivity contribution in [2.45, 2.75) is 5.16 Å². The number of nitrogens with zero attached hydrogens (tertiary/aromatic N) is 5. The van der Waals surface area contributed by atoms with E-state index in [0.717, 1.165) is 0 Å². The number of methoxy groups -OCH3 is 1. The van der Waals surface area contributed by atoms with Gasteiger partial charge in [0, 0.05) is 13.1 Å². The van der Waals surface area contributed by atoms with Crippen LogP contribution in [0, 0.1) is 0 Å². The van der Waals surface area contributed by atoms with E-state index in [-0.39, 0.29) is 11.7 Å². The third kappa shape index (κ3) is 4.15. The fourth-order valence-corrected chi connectivity index (χ4v) is 3.11. The van der Waals surface area contributed by atoms with Crippen molar-refractivity contribution >= 4 is 23.6 Å². The van der Waals surface area contributed by atoms with E-state index >= 15 is 0 Å². The minimum absolute atomic E-state index is 0.0314. The van der Waals surface area contributed by atoms with Crippen LogP contribution < -0.4 is 0 Å². The maximum atomic E-state index is 12.2. The molecule has 0 spiro atoms. The summed E-state index contributed by atoms with van der Waals surface area (Å²) in [6, 6.07) is 6.71. The predicted molar refractivity (Wildman–Crippen MR) is 88.6 cm³/mol. The molecule has 1 aromatic heterocycles. The van der Waals surface area contributed by atoms with Gasteiger partial charge >= 0.3 is 5.97 Å². The zero-order valence-electron chi connectivity index (χ0n) is 13.6. The molecule has 3 rings (SSSR count). The van der Waals surface area contributed by atoms with Gasteiger partial charge in [0.1, 0.15) is 0 Å². The molecule has 1 aliphatic heterocycles. The van der Waals surface area contributed by atoms with Crippen LogP contribution in [-0.2, 0) is 14.3 Å². The highest BCUT2D eigenvalue weighted by atomic mass is 32.2. The molecule has 0 saturated carbocycles. The number of carbonyl (C=O) groups is 2. The molecule has 0 N–H and O–H groups in total. The molecule has 0 aliphatic carbocycles. The third-order valence-corrected chi connectivity index (χ3v) is 4.57. The molecule has 2 aromatic rings. The van der Waals surface area contributed by atoms with Gasteiger partial charge in [0.05, 0.1) is 37.3 Å². The predicted octanol–water partition coefficient (Wildman–Crippen LogP) is 0.400. The van der Waals surface area contributed by atoms with Gasteiger partial charge in [0.25, 0.3) is 0 Å². The van der Waals surface area contributed by atoms with Crippen LogP contribution in [-0.4, -0.2) is 76.1 Å². The molecule has 1 aromatic carbocycles. The van der Waals surface area contributed by atoms with Gasteiger partial charge in [-0.3, -0.25) is 4.79 Å². The van der Waals surface area contributed by atoms with Gasteiger partial charge in [-0.25, -0.2) is 4.79 Å². The van der Waals surface area contributed by atoms with Gasteiger partial charge in [0.15, 0.2) is 0 Å². The van der Waals surface area contributed by atoms with Crippen LogP contribution in [0.3, 0.4) is 0 Å². The van der Waals surface area contributed by atoms with Crippen LogP contribution in [0.2, 0.25) is 0 Å². The molecule has 1 saturated heterocycles. The second-order valence-electron chi connectivity index (χ2n) is 5.19. The molecule has 9 nitrogen and oxygen atoms in total. The number of morpholine rings is 1. The molecule has 0 bridgehead atoms. The van der Waals surface area contributed by atoms with Crippen LogP contribution in [0.4, 0.5) is 0 Å². The highest BCUT2D eigenvalue weighted by molar-refractivity contribution is 7.99. The van der Waals surface area contributed by atoms with Crippen molar-refractivity contribution in [2.24, 2.45) is 0 Å². The van der Waals surface area contributed by atoms with Crippen molar-refractivity contribution in [3.8, 4) is 5.69 Å². The van der Waals surface area contributed by atoms with Crippen molar-refractivity contribution in [1.82, 2.24) is 25.1 Å². The molecular weight excluding hydrogens is 346 g/mol. The summed E-state index contributed by atoms with van der Waals surface area (Å²) in [4.78, 5) is 25.5. The van der Waals surface area contributed by atoms with Gasteiger partial charge in [-0.1, -0.05) is 11.8 Å². The number of hydrogen-bond donors (Lipinski definition) is 0. The lowest BCUT2D eigenvalue weighted by Crippen LogP contribution is -2.41. The van der Waals surface area contributed by atoms with Crippen molar-refractivity contribution in [2.75, 3.05) is 39.2 Å². The minimum Gasteiger partial charge on any atom is -0.465 e. The lowest BCUT2D eigenvalue weighted by molar-refractivity contribution is -0.132. The summed E-state index contributed by atoms with van der Waals surface area (Å²) in [7, 11) is 1.33. The maximum Gasteiger partial charge on any atom is 0.337 e. The minimum atomic E-state index is -0.408. The van der Waals surface area contributed by atoms with Crippen LogP contribution in [0.5, 0.6) is 0 Å². The molecule has 1 amide bonds. The SMILES string of the molecule is COC(=O)c1ccc(-n2nnnc2SCC(=O)N2CCOCC2)cc1. The van der Waals surface area contributed by atoms with Gasteiger partial charge in [-0.05, 0) is 34.7 Å². The zero-order chi connectivity index (χ0) is 17.6. The van der Waals surface area contributed by atoms with Crippen molar-refractivity contribution in [1.29, 1.82) is 0 Å². The summed E-state index contributed by atoms with van der Waals surface area (Å²) in [6.07, 6.45) is 0. The Balaban J connectivity index is 1.66. The molecule has 25 heavy (non-hydrogen) atoms. The normalized spacial score (nSPS) is 14.4. The van der Waals surface area contributed by atoms with E-state index in [2.05, 4.69) is 20.3 Å². The first-order valence-corrected chi connectivity index (χ1v) is 8.63. The van der Waals surface area contributed by atoms with E-state index in [9.17, 15) is 9.59 Å². The molecule has 10 heteroatoms. The molecule has 1 aliphatic rings. The molecule has 1 fully saturated rings. The number of thioether (sulfide) groups is 1. The Bertz CT molecular complexity index is 743. The fraction of sp³-hybridized carbons (Fsp3) is 0.400. The Kier molecular flexibility index (Phi) is 5.61. The summed E-state index contributed by atoms with van der Waals surface area (Å²) in [5.41, 5.74) is 1.13. The quantitative estimate of drug-likeness (QED) is 0.556. The standard InChI is InChI=1S/C15H17N5O4S/c1-23-14(22)11-2-4-12(5-3-11)20-15(16-17-18-20)25-10-13(21)19-6-8-24-9-7-19/h2-5H,6-10H2,1H3. The van der Waals surface area contributed by atoms with Crippen LogP contribution >= 0.6 is 11.8 Å². The number of tetrazole rings is 1. The fourth-order valence-electron chi connectivity index (χ4n) is 2.32. The zero-order valence-corrected chi connectivity index (χ0v) is 14.4. The summed E-state index contributed by atoms with van der Waals surface area (Å²) < 4.78 is 11.4. The number of amides is 1. The molecule has 132 valence electrons. The first kappa shape index (κ1) is 17.4. The summed E-state index contributed by atoms with van der Waals surface area (Å²) in [5, 5.41) is 12.1. The van der Waals surface area contributed by atoms with E-state index in [1.807, 2.05) is 0 Å². The number of rotatable bonds is 5. The average molecular weight is 363 g/mol. The van der Waals surface area contributed by atoms with E-state index in [4.69, 9.17) is 4.74 Å². The Morgan fingerprint density at radius 2 is 1.96 bits per heavy atom. The topological polar surface area (TPSA) is 99.4 Å². The lowest BCUT2D eigenvalue weighted by atomic mass is 10.2. The average Bonchev–Trinajstić information content (AvgIpc) is 3.15. The smallest absolute Gasteiger partial charge is 0.337 e. The Morgan fingerprint density at radius 1 is 1.24 bits per heavy atom. The largest absolute Gasteiger partial charge is 0.465 e. The highest BCUT2D eigenvalue weighted by Crippen LogP contribution is 2.19. The van der Waals surface area contributed by atoms with Crippen molar-refractivity contribution < 1.29 is 19.1 Å². The van der Waals surface area contributed by atoms with Crippen molar-refractivity contribution in [3.05, 3.63) is 29.8 Å². The van der Waals surface area contributed by atoms with Crippen molar-refractivity contribution in [3.63, 3.8) is 0 Å². The van der Waals surface area contributed by atoms with Gasteiger partial charge in [0.2, 0.25) is 11.1 Å². The summed E-state index contributed by atoms with van der Waals surface area (Å²) in [6.45, 7) is 2.36. The molecular formula is C15H17N5O4S. The Hall–Kier alpha value is -2.46. The number of aromatic nitrogens is 4. The van der Waals surface area contributed by atoms with E-state index in [1.165, 1.54) is 23.6 Å². The monoisotopic (exact) mass is 363 g/mol. The first-order valence-electron chi connectivity index (χ1n) is 7.64. The first-order chi connectivity index (χ1) is 12.2. The van der Waals surface area contributed by atoms with Crippen LogP contribution in [0.25, 0.3) is 5.69 Å². The van der Waals surface area contributed by atoms with E-state index in [0.29, 0.717) is 42.7 Å². The molecule has 0 unspecified atom stereocenters. The highest BCUT2D eigenvalue weighted by Gasteiger charge is 2.19. The van der Waals surface area contributed by atoms with Crippen LogP contribution in [0.15, 0.2) is 29.4 Å². The maximum absolute atomic E-state index is 12.2. The lowest BCUT2D eigenvalue weighted by Gasteiger charge is -2.26. The van der Waals surface area contributed by atoms with E-state index < -0.39 is 5.97 Å². The number of esters is 1. The Morgan fingerprint density at radius 3 is 2.64 bits per heavy atom. The van der Waals surface area contributed by atoms with Gasteiger partial charge in [-0.2, -0.15) is 4.68 Å². The van der Waals surface area contributed by atoms with Crippen LogP contribution in [0.1, 0.15) is 10.4 Å². The van der Waals surface area contributed by atoms with Gasteiger partial charge in [-0.15, -0.1) is 5.10 Å². The number of hydrogen-bond acceptors (Lipinski definition) is 8. The molecule has 2 heterocycles. The second kappa shape index (κ2) is 8.08. The van der Waals surface area contributed by atoms with Gasteiger partial charge < -0.3 is 14.4 Å². The summed E-state index contributed by atoms with van der Waals surface area (Å²) in [5.74, 6) is -0.126. The number of ether oxygens (including phenoxy) is 2. The summed E-state index contributed by atoms with van der Waals surface area (Å²) >= 11 is 1.27. The second-order valence-corrected chi connectivity index (χ2v) is 6.14. The Labute approximate surface area is 148 Å². The number of carbonyl (C=O) groups excluding carboxylic acids is 2. The third-order valence-electron chi connectivity index (χ3n) is 3.66. The molecule has 0 radical (unpaired) electrons. The molecule has 0 atom stereocenters.